The van der Waals surface area contributed by atoms with Crippen molar-refractivity contribution < 1.29 is 32.3 Å². The van der Waals surface area contributed by atoms with Crippen LogP contribution in [0.2, 0.25) is 18.1 Å². The molecule has 0 saturated heterocycles. The zero-order chi connectivity index (χ0) is 13.4. The molecule has 10 heteroatoms. The highest BCUT2D eigenvalue weighted by molar-refractivity contribution is 7.61. The number of hydrogen-bond acceptors (Lipinski definition) is 4. The van der Waals surface area contributed by atoms with Crippen molar-refractivity contribution in [2.24, 2.45) is 0 Å². The van der Waals surface area contributed by atoms with Gasteiger partial charge in [-0.1, -0.05) is 20.8 Å². The standard InChI is InChI=1S/C6H18O7P2Si/c1-6(2,3)16(4,5)13-15(10,11)12-14(7,8)9/h1-5H3,(H,10,11)(H2,7,8,9). The fourth-order valence-electron chi connectivity index (χ4n) is 0.576. The van der Waals surface area contributed by atoms with Gasteiger partial charge in [-0.05, 0) is 18.1 Å². The quantitative estimate of drug-likeness (QED) is 0.537. The van der Waals surface area contributed by atoms with Crippen molar-refractivity contribution in [3.63, 3.8) is 0 Å². The highest BCUT2D eigenvalue weighted by Crippen LogP contribution is 2.60. The second-order valence-electron chi connectivity index (χ2n) is 4.89. The van der Waals surface area contributed by atoms with Crippen LogP contribution in [0.15, 0.2) is 0 Å². The molecular formula is C6H18O7P2Si. The van der Waals surface area contributed by atoms with Crippen LogP contribution in [-0.4, -0.2) is 23.0 Å². The molecule has 0 fully saturated rings. The molecule has 0 spiro atoms. The van der Waals surface area contributed by atoms with Gasteiger partial charge in [-0.2, -0.15) is 4.31 Å². The number of hydrogen-bond donors (Lipinski definition) is 3. The number of phosphoric acid groups is 2. The minimum atomic E-state index is -5.04. The summed E-state index contributed by atoms with van der Waals surface area (Å²) in [6.07, 6.45) is 0. The van der Waals surface area contributed by atoms with E-state index in [1.54, 1.807) is 13.1 Å². The third-order valence-corrected chi connectivity index (χ3v) is 10.4. The normalized spacial score (nSPS) is 18.2. The summed E-state index contributed by atoms with van der Waals surface area (Å²) in [4.78, 5) is 26.1. The van der Waals surface area contributed by atoms with E-state index in [-0.39, 0.29) is 5.04 Å². The smallest absolute Gasteiger partial charge is 0.329 e. The molecule has 0 amide bonds. The molecule has 0 aliphatic rings. The lowest BCUT2D eigenvalue weighted by atomic mass is 10.2. The van der Waals surface area contributed by atoms with Gasteiger partial charge >= 0.3 is 15.6 Å². The van der Waals surface area contributed by atoms with Crippen molar-refractivity contribution in [2.75, 3.05) is 0 Å². The SMILES string of the molecule is CC(C)(C)[Si](C)(C)OP(=O)(O)OP(=O)(O)O. The van der Waals surface area contributed by atoms with Gasteiger partial charge in [0.05, 0.1) is 0 Å². The summed E-state index contributed by atoms with van der Waals surface area (Å²) >= 11 is 0. The maximum atomic E-state index is 11.3. The van der Waals surface area contributed by atoms with Crippen molar-refractivity contribution in [2.45, 2.75) is 38.9 Å². The highest BCUT2D eigenvalue weighted by Gasteiger charge is 2.45. The highest BCUT2D eigenvalue weighted by atomic mass is 31.3. The maximum Gasteiger partial charge on any atom is 0.478 e. The average Bonchev–Trinajstić information content (AvgIpc) is 1.72. The van der Waals surface area contributed by atoms with E-state index >= 15 is 0 Å². The molecule has 0 heterocycles. The summed E-state index contributed by atoms with van der Waals surface area (Å²) in [7, 11) is -12.4. The van der Waals surface area contributed by atoms with Gasteiger partial charge in [0.2, 0.25) is 8.32 Å². The molecule has 0 radical (unpaired) electrons. The van der Waals surface area contributed by atoms with Crippen LogP contribution in [0.4, 0.5) is 0 Å². The summed E-state index contributed by atoms with van der Waals surface area (Å²) in [5.74, 6) is 0. The van der Waals surface area contributed by atoms with Crippen LogP contribution in [0.25, 0.3) is 0 Å². The second kappa shape index (κ2) is 4.63. The topological polar surface area (TPSA) is 113 Å². The zero-order valence-electron chi connectivity index (χ0n) is 9.87. The predicted octanol–water partition coefficient (Wildman–Crippen LogP) is 2.22. The molecule has 0 aromatic carbocycles. The van der Waals surface area contributed by atoms with Crippen LogP contribution in [0, 0.1) is 0 Å². The second-order valence-corrected chi connectivity index (χ2v) is 12.7. The molecule has 16 heavy (non-hydrogen) atoms. The Bertz CT molecular complexity index is 341. The van der Waals surface area contributed by atoms with Crippen molar-refractivity contribution in [3.8, 4) is 0 Å². The molecule has 7 nitrogen and oxygen atoms in total. The van der Waals surface area contributed by atoms with Gasteiger partial charge in [0, 0.05) is 0 Å². The van der Waals surface area contributed by atoms with Crippen molar-refractivity contribution in [1.82, 2.24) is 0 Å². The number of rotatable bonds is 4. The minimum Gasteiger partial charge on any atom is -0.329 e. The van der Waals surface area contributed by atoms with E-state index in [1.807, 2.05) is 20.8 Å². The van der Waals surface area contributed by atoms with Crippen molar-refractivity contribution in [3.05, 3.63) is 0 Å². The van der Waals surface area contributed by atoms with E-state index < -0.39 is 24.0 Å². The van der Waals surface area contributed by atoms with E-state index in [1.165, 1.54) is 0 Å². The molecule has 0 aromatic rings. The molecule has 3 N–H and O–H groups in total. The first-order valence-corrected chi connectivity index (χ1v) is 10.4. The zero-order valence-corrected chi connectivity index (χ0v) is 12.7. The molecule has 1 unspecified atom stereocenters. The van der Waals surface area contributed by atoms with E-state index in [0.717, 1.165) is 0 Å². The Hall–Kier alpha value is 0.477. The van der Waals surface area contributed by atoms with Crippen molar-refractivity contribution in [1.29, 1.82) is 0 Å². The summed E-state index contributed by atoms with van der Waals surface area (Å²) < 4.78 is 30.5. The summed E-state index contributed by atoms with van der Waals surface area (Å²) in [5.41, 5.74) is 0. The Kier molecular flexibility index (Phi) is 4.76. The van der Waals surface area contributed by atoms with Crippen LogP contribution in [0.5, 0.6) is 0 Å². The largest absolute Gasteiger partial charge is 0.478 e. The van der Waals surface area contributed by atoms with Gasteiger partial charge in [0.15, 0.2) is 0 Å². The monoisotopic (exact) mass is 292 g/mol. The first-order chi connectivity index (χ1) is 6.66. The maximum absolute atomic E-state index is 11.3. The molecule has 98 valence electrons. The fourth-order valence-corrected chi connectivity index (χ4v) is 5.49. The van der Waals surface area contributed by atoms with Crippen LogP contribution >= 0.6 is 15.6 Å². The van der Waals surface area contributed by atoms with Gasteiger partial charge < -0.3 is 18.9 Å². The average molecular weight is 292 g/mol. The van der Waals surface area contributed by atoms with Gasteiger partial charge in [-0.15, -0.1) is 0 Å². The lowest BCUT2D eigenvalue weighted by Gasteiger charge is -2.36. The van der Waals surface area contributed by atoms with Crippen LogP contribution < -0.4 is 0 Å². The Labute approximate surface area is 95.8 Å². The molecule has 0 aliphatic carbocycles. The van der Waals surface area contributed by atoms with Crippen molar-refractivity contribution >= 4 is 24.0 Å². The Morgan fingerprint density at radius 2 is 1.44 bits per heavy atom. The Morgan fingerprint density at radius 3 is 1.69 bits per heavy atom. The molecular weight excluding hydrogens is 274 g/mol. The lowest BCUT2D eigenvalue weighted by Crippen LogP contribution is -2.39. The molecule has 0 saturated carbocycles. The van der Waals surface area contributed by atoms with Gasteiger partial charge in [-0.25, -0.2) is 9.13 Å². The molecule has 0 bridgehead atoms. The van der Waals surface area contributed by atoms with E-state index in [2.05, 4.69) is 4.31 Å². The minimum absolute atomic E-state index is 0.371. The van der Waals surface area contributed by atoms with E-state index in [9.17, 15) is 14.0 Å². The van der Waals surface area contributed by atoms with Crippen LogP contribution in [-0.2, 0) is 17.7 Å². The van der Waals surface area contributed by atoms with Crippen LogP contribution in [0.3, 0.4) is 0 Å². The van der Waals surface area contributed by atoms with E-state index in [0.29, 0.717) is 0 Å². The van der Waals surface area contributed by atoms with Gasteiger partial charge in [0.1, 0.15) is 0 Å². The first kappa shape index (κ1) is 16.5. The summed E-state index contributed by atoms with van der Waals surface area (Å²) in [6.45, 7) is 8.78. The van der Waals surface area contributed by atoms with Crippen LogP contribution in [0.1, 0.15) is 20.8 Å². The van der Waals surface area contributed by atoms with E-state index in [4.69, 9.17) is 14.0 Å². The third-order valence-electron chi connectivity index (χ3n) is 2.36. The Balaban J connectivity index is 4.86. The predicted molar refractivity (Wildman–Crippen MR) is 61.2 cm³/mol. The molecule has 0 aliphatic heterocycles. The fraction of sp³-hybridized carbons (Fsp3) is 1.00. The molecule has 0 rings (SSSR count). The van der Waals surface area contributed by atoms with Gasteiger partial charge in [-0.3, -0.25) is 0 Å². The Morgan fingerprint density at radius 1 is 1.06 bits per heavy atom. The molecule has 0 aromatic heterocycles. The molecule has 1 atom stereocenters. The summed E-state index contributed by atoms with van der Waals surface area (Å²) in [5, 5.41) is -0.371. The summed E-state index contributed by atoms with van der Waals surface area (Å²) in [6, 6.07) is 0. The first-order valence-electron chi connectivity index (χ1n) is 4.47. The third kappa shape index (κ3) is 5.70. The van der Waals surface area contributed by atoms with Gasteiger partial charge in [0.25, 0.3) is 0 Å². The lowest BCUT2D eigenvalue weighted by molar-refractivity contribution is 0.225.